The predicted octanol–water partition coefficient (Wildman–Crippen LogP) is 1.46. The van der Waals surface area contributed by atoms with E-state index in [4.69, 9.17) is 5.26 Å². The third-order valence-electron chi connectivity index (χ3n) is 1.42. The van der Waals surface area contributed by atoms with Gasteiger partial charge in [0.1, 0.15) is 21.7 Å². The van der Waals surface area contributed by atoms with Crippen LogP contribution in [0, 0.1) is 11.3 Å². The van der Waals surface area contributed by atoms with Crippen molar-refractivity contribution in [2.75, 3.05) is 6.54 Å². The van der Waals surface area contributed by atoms with E-state index in [9.17, 15) is 21.6 Å². The van der Waals surface area contributed by atoms with Crippen LogP contribution in [0.1, 0.15) is 4.88 Å². The van der Waals surface area contributed by atoms with Gasteiger partial charge in [-0.25, -0.2) is 13.1 Å². The van der Waals surface area contributed by atoms with Crippen molar-refractivity contribution in [1.82, 2.24) is 4.72 Å². The number of hydrogen-bond acceptors (Lipinski definition) is 4. The van der Waals surface area contributed by atoms with Gasteiger partial charge < -0.3 is 0 Å². The number of hydrogen-bond donors (Lipinski definition) is 1. The Morgan fingerprint density at radius 1 is 1.44 bits per heavy atom. The van der Waals surface area contributed by atoms with Crippen molar-refractivity contribution in [3.8, 4) is 6.07 Å². The molecule has 88 valence electrons. The van der Waals surface area contributed by atoms with Crippen molar-refractivity contribution < 1.29 is 21.6 Å². The minimum absolute atomic E-state index is 0.118. The van der Waals surface area contributed by atoms with Crippen LogP contribution in [0.3, 0.4) is 0 Å². The van der Waals surface area contributed by atoms with Gasteiger partial charge in [-0.1, -0.05) is 0 Å². The molecule has 0 aliphatic rings. The Balaban J connectivity index is 2.83. The molecule has 0 unspecified atom stereocenters. The number of nitriles is 1. The summed E-state index contributed by atoms with van der Waals surface area (Å²) in [5, 5.41) is 8.44. The highest BCUT2D eigenvalue weighted by atomic mass is 32.2. The van der Waals surface area contributed by atoms with Crippen LogP contribution in [-0.2, 0) is 10.0 Å². The molecular weight excluding hydrogens is 265 g/mol. The Hall–Kier alpha value is -1.11. The lowest BCUT2D eigenvalue weighted by Crippen LogP contribution is -2.33. The average Bonchev–Trinajstić information content (AvgIpc) is 2.62. The molecule has 0 aliphatic carbocycles. The molecule has 1 aromatic heterocycles. The lowest BCUT2D eigenvalue weighted by molar-refractivity contribution is -0.121. The molecule has 4 nitrogen and oxygen atoms in total. The molecule has 0 fully saturated rings. The fraction of sp³-hybridized carbons (Fsp3) is 0.286. The lowest BCUT2D eigenvalue weighted by Gasteiger charge is -2.07. The van der Waals surface area contributed by atoms with Crippen molar-refractivity contribution >= 4 is 21.4 Å². The molecule has 16 heavy (non-hydrogen) atoms. The molecule has 0 aliphatic heterocycles. The van der Waals surface area contributed by atoms with E-state index in [1.807, 2.05) is 0 Å². The van der Waals surface area contributed by atoms with Gasteiger partial charge in [0.25, 0.3) is 0 Å². The van der Waals surface area contributed by atoms with Crippen molar-refractivity contribution in [1.29, 1.82) is 5.26 Å². The summed E-state index contributed by atoms with van der Waals surface area (Å²) in [5.41, 5.74) is 0. The second-order valence-corrected chi connectivity index (χ2v) is 5.75. The largest absolute Gasteiger partial charge is 0.402 e. The lowest BCUT2D eigenvalue weighted by atomic mass is 10.5. The SMILES string of the molecule is N#Cc1ccc(S(=O)(=O)NCC(F)(F)F)s1. The van der Waals surface area contributed by atoms with Gasteiger partial charge in [0.15, 0.2) is 0 Å². The normalized spacial score (nSPS) is 12.4. The summed E-state index contributed by atoms with van der Waals surface area (Å²) in [6.45, 7) is -1.63. The first kappa shape index (κ1) is 13.0. The van der Waals surface area contributed by atoms with Gasteiger partial charge in [-0.2, -0.15) is 18.4 Å². The van der Waals surface area contributed by atoms with Gasteiger partial charge in [-0.3, -0.25) is 0 Å². The highest BCUT2D eigenvalue weighted by Gasteiger charge is 2.30. The molecule has 1 rings (SSSR count). The van der Waals surface area contributed by atoms with Gasteiger partial charge in [0.2, 0.25) is 10.0 Å². The maximum absolute atomic E-state index is 11.8. The third-order valence-corrected chi connectivity index (χ3v) is 4.30. The standard InChI is InChI=1S/C7H5F3N2O2S2/c8-7(9,10)4-12-16(13,14)6-2-1-5(3-11)15-6/h1-2,12H,4H2. The monoisotopic (exact) mass is 270 g/mol. The van der Waals surface area contributed by atoms with Crippen LogP contribution in [-0.4, -0.2) is 21.1 Å². The fourth-order valence-corrected chi connectivity index (χ4v) is 2.94. The molecule has 0 bridgehead atoms. The molecule has 1 N–H and O–H groups in total. The van der Waals surface area contributed by atoms with E-state index in [0.29, 0.717) is 11.3 Å². The molecular formula is C7H5F3N2O2S2. The molecule has 0 amide bonds. The number of nitrogens with zero attached hydrogens (tertiary/aromatic N) is 1. The quantitative estimate of drug-likeness (QED) is 0.904. The molecule has 0 spiro atoms. The minimum atomic E-state index is -4.61. The van der Waals surface area contributed by atoms with E-state index < -0.39 is 22.7 Å². The van der Waals surface area contributed by atoms with Crippen LogP contribution in [0.4, 0.5) is 13.2 Å². The van der Waals surface area contributed by atoms with Crippen LogP contribution in [0.5, 0.6) is 0 Å². The summed E-state index contributed by atoms with van der Waals surface area (Å²) in [5.74, 6) is 0. The van der Waals surface area contributed by atoms with E-state index >= 15 is 0 Å². The number of sulfonamides is 1. The molecule has 0 radical (unpaired) electrons. The fourth-order valence-electron chi connectivity index (χ4n) is 0.773. The van der Waals surface area contributed by atoms with Gasteiger partial charge in [0.05, 0.1) is 0 Å². The second kappa shape index (κ2) is 4.40. The van der Waals surface area contributed by atoms with E-state index in [1.165, 1.54) is 10.8 Å². The highest BCUT2D eigenvalue weighted by Crippen LogP contribution is 2.21. The summed E-state index contributed by atoms with van der Waals surface area (Å²) in [6.07, 6.45) is -4.61. The van der Waals surface area contributed by atoms with Gasteiger partial charge >= 0.3 is 6.18 Å². The van der Waals surface area contributed by atoms with E-state index in [-0.39, 0.29) is 9.09 Å². The van der Waals surface area contributed by atoms with Crippen LogP contribution in [0.25, 0.3) is 0 Å². The summed E-state index contributed by atoms with van der Waals surface area (Å²) in [7, 11) is -4.19. The predicted molar refractivity (Wildman–Crippen MR) is 50.3 cm³/mol. The van der Waals surface area contributed by atoms with E-state index in [0.717, 1.165) is 6.07 Å². The summed E-state index contributed by atoms with van der Waals surface area (Å²) in [4.78, 5) is 0.118. The van der Waals surface area contributed by atoms with Gasteiger partial charge in [0, 0.05) is 0 Å². The Morgan fingerprint density at radius 2 is 2.06 bits per heavy atom. The Labute approximate surface area is 93.4 Å². The van der Waals surface area contributed by atoms with Gasteiger partial charge in [-0.05, 0) is 12.1 Å². The first-order valence-corrected chi connectivity index (χ1v) is 6.11. The minimum Gasteiger partial charge on any atom is -0.206 e. The van der Waals surface area contributed by atoms with Gasteiger partial charge in [-0.15, -0.1) is 11.3 Å². The summed E-state index contributed by atoms with van der Waals surface area (Å²) < 4.78 is 59.1. The van der Waals surface area contributed by atoms with Crippen molar-refractivity contribution in [3.05, 3.63) is 17.0 Å². The van der Waals surface area contributed by atoms with Crippen molar-refractivity contribution in [2.45, 2.75) is 10.4 Å². The summed E-state index contributed by atoms with van der Waals surface area (Å²) in [6, 6.07) is 4.01. The number of thiophene rings is 1. The van der Waals surface area contributed by atoms with Crippen molar-refractivity contribution in [3.63, 3.8) is 0 Å². The Kier molecular flexibility index (Phi) is 3.57. The smallest absolute Gasteiger partial charge is 0.206 e. The number of halogens is 3. The zero-order valence-corrected chi connectivity index (χ0v) is 9.21. The average molecular weight is 270 g/mol. The molecule has 0 saturated heterocycles. The Bertz CT molecular complexity index is 512. The maximum Gasteiger partial charge on any atom is 0.402 e. The van der Waals surface area contributed by atoms with Crippen LogP contribution < -0.4 is 4.72 Å². The number of alkyl halides is 3. The van der Waals surface area contributed by atoms with Crippen LogP contribution >= 0.6 is 11.3 Å². The summed E-state index contributed by atoms with van der Waals surface area (Å²) >= 11 is 0.611. The van der Waals surface area contributed by atoms with Crippen LogP contribution in [0.15, 0.2) is 16.3 Å². The van der Waals surface area contributed by atoms with E-state index in [2.05, 4.69) is 0 Å². The first-order valence-electron chi connectivity index (χ1n) is 3.81. The topological polar surface area (TPSA) is 70.0 Å². The number of rotatable bonds is 3. The molecule has 0 atom stereocenters. The van der Waals surface area contributed by atoms with Crippen LogP contribution in [0.2, 0.25) is 0 Å². The maximum atomic E-state index is 11.8. The van der Waals surface area contributed by atoms with Crippen molar-refractivity contribution in [2.24, 2.45) is 0 Å². The zero-order valence-electron chi connectivity index (χ0n) is 7.58. The molecule has 1 aromatic rings. The molecule has 9 heteroatoms. The van der Waals surface area contributed by atoms with E-state index in [1.54, 1.807) is 6.07 Å². The highest BCUT2D eigenvalue weighted by molar-refractivity contribution is 7.91. The zero-order chi connectivity index (χ0) is 12.4. The Morgan fingerprint density at radius 3 is 2.50 bits per heavy atom. The number of nitrogens with one attached hydrogen (secondary N) is 1. The third kappa shape index (κ3) is 3.48. The first-order chi connectivity index (χ1) is 7.24. The molecule has 0 aromatic carbocycles. The molecule has 0 saturated carbocycles. The second-order valence-electron chi connectivity index (χ2n) is 2.67. The molecule has 1 heterocycles.